The molecule has 0 aliphatic carbocycles. The van der Waals surface area contributed by atoms with Crippen LogP contribution in [-0.2, 0) is 13.1 Å². The van der Waals surface area contributed by atoms with Crippen molar-refractivity contribution in [1.29, 1.82) is 0 Å². The molecule has 0 amide bonds. The molecule has 0 saturated carbocycles. The van der Waals surface area contributed by atoms with Crippen molar-refractivity contribution in [2.24, 2.45) is 0 Å². The van der Waals surface area contributed by atoms with Crippen LogP contribution in [-0.4, -0.2) is 39.0 Å². The number of benzene rings is 1. The van der Waals surface area contributed by atoms with Gasteiger partial charge in [0.05, 0.1) is 30.3 Å². The van der Waals surface area contributed by atoms with Crippen molar-refractivity contribution in [2.45, 2.75) is 26.1 Å². The molecule has 0 radical (unpaired) electrons. The van der Waals surface area contributed by atoms with E-state index in [9.17, 15) is 5.11 Å². The summed E-state index contributed by atoms with van der Waals surface area (Å²) in [6, 6.07) is 8.02. The number of nitrogens with one attached hydrogen (secondary N) is 1. The fourth-order valence-corrected chi connectivity index (χ4v) is 2.03. The van der Waals surface area contributed by atoms with Gasteiger partial charge >= 0.3 is 0 Å². The average Bonchev–Trinajstić information content (AvgIpc) is 2.75. The van der Waals surface area contributed by atoms with Gasteiger partial charge in [0.2, 0.25) is 0 Å². The number of aliphatic hydroxyl groups is 2. The van der Waals surface area contributed by atoms with Gasteiger partial charge in [0.1, 0.15) is 5.82 Å². The van der Waals surface area contributed by atoms with Crippen molar-refractivity contribution in [3.63, 3.8) is 0 Å². The fraction of sp³-hybridized carbons (Fsp3) is 0.462. The molecule has 1 aromatic carbocycles. The summed E-state index contributed by atoms with van der Waals surface area (Å²) in [7, 11) is 0. The standard InChI is InChI=1S/C13H19N3O2/c1-2-16-12-6-4-3-5-11(12)15-13(16)8-14-7-10(18)9-17/h3-6,10,14,17-18H,2,7-9H2,1H3. The van der Waals surface area contributed by atoms with Crippen molar-refractivity contribution in [1.82, 2.24) is 14.9 Å². The summed E-state index contributed by atoms with van der Waals surface area (Å²) in [5.74, 6) is 0.948. The molecule has 0 saturated heterocycles. The highest BCUT2D eigenvalue weighted by Crippen LogP contribution is 2.15. The number of aliphatic hydroxyl groups excluding tert-OH is 2. The molecule has 1 aromatic heterocycles. The van der Waals surface area contributed by atoms with Crippen LogP contribution in [0.5, 0.6) is 0 Å². The van der Waals surface area contributed by atoms with Crippen LogP contribution in [0.2, 0.25) is 0 Å². The van der Waals surface area contributed by atoms with Gasteiger partial charge in [-0.2, -0.15) is 0 Å². The lowest BCUT2D eigenvalue weighted by molar-refractivity contribution is 0.0940. The molecule has 1 atom stereocenters. The normalized spacial score (nSPS) is 13.1. The minimum atomic E-state index is -0.718. The Hall–Kier alpha value is -1.43. The summed E-state index contributed by atoms with van der Waals surface area (Å²) >= 11 is 0. The Morgan fingerprint density at radius 1 is 1.39 bits per heavy atom. The van der Waals surface area contributed by atoms with Crippen molar-refractivity contribution < 1.29 is 10.2 Å². The Labute approximate surface area is 106 Å². The molecule has 2 rings (SSSR count). The Morgan fingerprint density at radius 3 is 2.89 bits per heavy atom. The summed E-state index contributed by atoms with van der Waals surface area (Å²) in [4.78, 5) is 4.56. The first kappa shape index (κ1) is 13.0. The lowest BCUT2D eigenvalue weighted by Crippen LogP contribution is -2.29. The lowest BCUT2D eigenvalue weighted by Gasteiger charge is -2.10. The number of hydrogen-bond acceptors (Lipinski definition) is 4. The molecule has 0 aliphatic heterocycles. The summed E-state index contributed by atoms with van der Waals surface area (Å²) < 4.78 is 2.15. The highest BCUT2D eigenvalue weighted by Gasteiger charge is 2.09. The maximum Gasteiger partial charge on any atom is 0.123 e. The minimum absolute atomic E-state index is 0.225. The first-order valence-corrected chi connectivity index (χ1v) is 6.20. The average molecular weight is 249 g/mol. The molecule has 5 nitrogen and oxygen atoms in total. The van der Waals surface area contributed by atoms with Crippen molar-refractivity contribution >= 4 is 11.0 Å². The molecule has 5 heteroatoms. The molecule has 0 fully saturated rings. The Balaban J connectivity index is 2.12. The predicted octanol–water partition coefficient (Wildman–Crippen LogP) is 0.499. The summed E-state index contributed by atoms with van der Waals surface area (Å²) in [6.07, 6.45) is -0.718. The van der Waals surface area contributed by atoms with E-state index in [0.29, 0.717) is 13.1 Å². The van der Waals surface area contributed by atoms with Gasteiger partial charge < -0.3 is 20.1 Å². The maximum absolute atomic E-state index is 9.26. The zero-order chi connectivity index (χ0) is 13.0. The molecule has 0 spiro atoms. The molecule has 2 aromatic rings. The van der Waals surface area contributed by atoms with Crippen molar-refractivity contribution in [3.8, 4) is 0 Å². The van der Waals surface area contributed by atoms with E-state index in [1.165, 1.54) is 0 Å². The van der Waals surface area contributed by atoms with E-state index >= 15 is 0 Å². The van der Waals surface area contributed by atoms with E-state index in [0.717, 1.165) is 23.4 Å². The van der Waals surface area contributed by atoms with Gasteiger partial charge in [-0.05, 0) is 19.1 Å². The molecular weight excluding hydrogens is 230 g/mol. The van der Waals surface area contributed by atoms with Gasteiger partial charge in [-0.15, -0.1) is 0 Å². The number of hydrogen-bond donors (Lipinski definition) is 3. The second-order valence-corrected chi connectivity index (χ2v) is 4.23. The third-order valence-electron chi connectivity index (χ3n) is 2.92. The van der Waals surface area contributed by atoms with Gasteiger partial charge in [-0.3, -0.25) is 0 Å². The summed E-state index contributed by atoms with van der Waals surface area (Å²) in [5, 5.41) is 21.1. The third kappa shape index (κ3) is 2.69. The van der Waals surface area contributed by atoms with Gasteiger partial charge in [0.25, 0.3) is 0 Å². The van der Waals surface area contributed by atoms with Crippen LogP contribution in [0.15, 0.2) is 24.3 Å². The highest BCUT2D eigenvalue weighted by molar-refractivity contribution is 5.75. The topological polar surface area (TPSA) is 70.3 Å². The molecule has 18 heavy (non-hydrogen) atoms. The number of imidazole rings is 1. The molecule has 0 bridgehead atoms. The Morgan fingerprint density at radius 2 is 2.17 bits per heavy atom. The number of fused-ring (bicyclic) bond motifs is 1. The van der Waals surface area contributed by atoms with E-state index < -0.39 is 6.10 Å². The van der Waals surface area contributed by atoms with E-state index in [-0.39, 0.29) is 6.61 Å². The van der Waals surface area contributed by atoms with Crippen LogP contribution in [0.3, 0.4) is 0 Å². The second-order valence-electron chi connectivity index (χ2n) is 4.23. The SMILES string of the molecule is CCn1c(CNCC(O)CO)nc2ccccc21. The maximum atomic E-state index is 9.26. The van der Waals surface area contributed by atoms with Gasteiger partial charge in [-0.25, -0.2) is 4.98 Å². The molecule has 1 unspecified atom stereocenters. The van der Waals surface area contributed by atoms with Crippen molar-refractivity contribution in [3.05, 3.63) is 30.1 Å². The summed E-state index contributed by atoms with van der Waals surface area (Å²) in [6.45, 7) is 3.67. The predicted molar refractivity (Wildman–Crippen MR) is 70.2 cm³/mol. The monoisotopic (exact) mass is 249 g/mol. The number of nitrogens with zero attached hydrogens (tertiary/aromatic N) is 2. The van der Waals surface area contributed by atoms with Crippen LogP contribution in [0.4, 0.5) is 0 Å². The first-order chi connectivity index (χ1) is 8.76. The second kappa shape index (κ2) is 5.95. The Bertz CT molecular complexity index is 510. The van der Waals surface area contributed by atoms with Gasteiger partial charge in [0, 0.05) is 13.1 Å². The zero-order valence-electron chi connectivity index (χ0n) is 10.5. The largest absolute Gasteiger partial charge is 0.394 e. The molecule has 98 valence electrons. The Kier molecular flexibility index (Phi) is 4.30. The quantitative estimate of drug-likeness (QED) is 0.697. The van der Waals surface area contributed by atoms with Crippen LogP contribution >= 0.6 is 0 Å². The van der Waals surface area contributed by atoms with Gasteiger partial charge in [0.15, 0.2) is 0 Å². The highest BCUT2D eigenvalue weighted by atomic mass is 16.3. The first-order valence-electron chi connectivity index (χ1n) is 6.20. The summed E-state index contributed by atoms with van der Waals surface area (Å²) in [5.41, 5.74) is 2.11. The van der Waals surface area contributed by atoms with Crippen LogP contribution in [0, 0.1) is 0 Å². The zero-order valence-corrected chi connectivity index (χ0v) is 10.5. The number of aryl methyl sites for hydroxylation is 1. The molecule has 3 N–H and O–H groups in total. The van der Waals surface area contributed by atoms with Crippen LogP contribution in [0.1, 0.15) is 12.7 Å². The van der Waals surface area contributed by atoms with Gasteiger partial charge in [-0.1, -0.05) is 12.1 Å². The number of para-hydroxylation sites is 2. The lowest BCUT2D eigenvalue weighted by atomic mass is 10.3. The van der Waals surface area contributed by atoms with Crippen molar-refractivity contribution in [2.75, 3.05) is 13.2 Å². The van der Waals surface area contributed by atoms with Crippen LogP contribution < -0.4 is 5.32 Å². The van der Waals surface area contributed by atoms with E-state index in [1.807, 2.05) is 18.2 Å². The smallest absolute Gasteiger partial charge is 0.123 e. The molecular formula is C13H19N3O2. The minimum Gasteiger partial charge on any atom is -0.394 e. The molecule has 1 heterocycles. The fourth-order valence-electron chi connectivity index (χ4n) is 2.03. The molecule has 0 aliphatic rings. The van der Waals surface area contributed by atoms with Crippen LogP contribution in [0.25, 0.3) is 11.0 Å². The number of rotatable bonds is 6. The number of aromatic nitrogens is 2. The van der Waals surface area contributed by atoms with E-state index in [1.54, 1.807) is 0 Å². The van der Waals surface area contributed by atoms with E-state index in [4.69, 9.17) is 5.11 Å². The van der Waals surface area contributed by atoms with E-state index in [2.05, 4.69) is 27.9 Å². The third-order valence-corrected chi connectivity index (χ3v) is 2.92.